The van der Waals surface area contributed by atoms with Gasteiger partial charge in [0.1, 0.15) is 17.4 Å². The van der Waals surface area contributed by atoms with Crippen molar-refractivity contribution < 1.29 is 9.53 Å². The van der Waals surface area contributed by atoms with Gasteiger partial charge in [-0.25, -0.2) is 0 Å². The van der Waals surface area contributed by atoms with Gasteiger partial charge in [-0.1, -0.05) is 30.0 Å². The number of Topliss-reactive ketones (excluding diaryl/α,β-unsaturated/α-hetero) is 1. The highest BCUT2D eigenvalue weighted by Gasteiger charge is 2.21. The number of ketones is 1. The van der Waals surface area contributed by atoms with Crippen LogP contribution in [0.25, 0.3) is 28.0 Å². The Kier molecular flexibility index (Phi) is 6.47. The number of aromatic nitrogens is 4. The second-order valence-electron chi connectivity index (χ2n) is 7.20. The molecule has 0 aliphatic rings. The summed E-state index contributed by atoms with van der Waals surface area (Å²) in [5, 5.41) is 19.6. The molecule has 0 radical (unpaired) electrons. The minimum Gasteiger partial charge on any atom is -0.494 e. The number of benzene rings is 2. The summed E-state index contributed by atoms with van der Waals surface area (Å²) in [5.74, 6) is 1.06. The zero-order chi connectivity index (χ0) is 23.4. The molecule has 0 saturated carbocycles. The Bertz CT molecular complexity index is 1370. The van der Waals surface area contributed by atoms with Crippen molar-refractivity contribution in [3.05, 3.63) is 66.0 Å². The topological polar surface area (TPSA) is 123 Å². The summed E-state index contributed by atoms with van der Waals surface area (Å²) in [6, 6.07) is 17.4. The molecule has 0 amide bonds. The standard InChI is InChI=1S/C24H22N6O2S/c1-3-32-17-10-8-16(9-11-17)30-23(20-13-27-21-7-5-4-6-18(20)21)28-29-24(30)33-14-22(31)19(12-25)15(2)26/h4-11,13,27H,3,14,26H2,1-2H3. The number of ether oxygens (including phenoxy) is 1. The van der Waals surface area contributed by atoms with Gasteiger partial charge >= 0.3 is 0 Å². The van der Waals surface area contributed by atoms with E-state index in [2.05, 4.69) is 15.2 Å². The molecule has 0 aliphatic heterocycles. The van der Waals surface area contributed by atoms with Crippen LogP contribution in [-0.4, -0.2) is 37.9 Å². The van der Waals surface area contributed by atoms with E-state index in [0.29, 0.717) is 17.6 Å². The summed E-state index contributed by atoms with van der Waals surface area (Å²) < 4.78 is 7.46. The van der Waals surface area contributed by atoms with E-state index in [-0.39, 0.29) is 22.8 Å². The molecule has 166 valence electrons. The first kappa shape index (κ1) is 22.2. The van der Waals surface area contributed by atoms with Crippen LogP contribution in [0.1, 0.15) is 13.8 Å². The van der Waals surface area contributed by atoms with E-state index in [0.717, 1.165) is 27.9 Å². The lowest BCUT2D eigenvalue weighted by molar-refractivity contribution is -0.112. The van der Waals surface area contributed by atoms with Crippen LogP contribution in [0.15, 0.2) is 71.2 Å². The minimum absolute atomic E-state index is 0.0144. The fourth-order valence-electron chi connectivity index (χ4n) is 3.46. The molecule has 9 heteroatoms. The summed E-state index contributed by atoms with van der Waals surface area (Å²) in [5.41, 5.74) is 8.54. The lowest BCUT2D eigenvalue weighted by Crippen LogP contribution is -2.11. The van der Waals surface area contributed by atoms with Crippen LogP contribution in [0, 0.1) is 11.3 Å². The third-order valence-electron chi connectivity index (χ3n) is 4.99. The van der Waals surface area contributed by atoms with E-state index < -0.39 is 0 Å². The summed E-state index contributed by atoms with van der Waals surface area (Å²) in [7, 11) is 0. The number of nitrogens with two attached hydrogens (primary N) is 1. The van der Waals surface area contributed by atoms with Gasteiger partial charge in [0.25, 0.3) is 0 Å². The monoisotopic (exact) mass is 458 g/mol. The number of allylic oxidation sites excluding steroid dienone is 2. The maximum Gasteiger partial charge on any atom is 0.196 e. The lowest BCUT2D eigenvalue weighted by Gasteiger charge is -2.11. The Morgan fingerprint density at radius 1 is 1.21 bits per heavy atom. The Balaban J connectivity index is 1.77. The average Bonchev–Trinajstić information content (AvgIpc) is 3.42. The molecular weight excluding hydrogens is 436 g/mol. The third kappa shape index (κ3) is 4.47. The Labute approximate surface area is 195 Å². The average molecular weight is 459 g/mol. The van der Waals surface area contributed by atoms with Crippen LogP contribution in [-0.2, 0) is 4.79 Å². The van der Waals surface area contributed by atoms with E-state index in [4.69, 9.17) is 10.5 Å². The Hall–Kier alpha value is -4.03. The van der Waals surface area contributed by atoms with Crippen molar-refractivity contribution in [3.63, 3.8) is 0 Å². The van der Waals surface area contributed by atoms with Crippen molar-refractivity contribution in [2.75, 3.05) is 12.4 Å². The van der Waals surface area contributed by atoms with Gasteiger partial charge in [0, 0.05) is 34.0 Å². The number of nitrogens with one attached hydrogen (secondary N) is 1. The fourth-order valence-corrected chi connectivity index (χ4v) is 4.28. The summed E-state index contributed by atoms with van der Waals surface area (Å²) in [6.45, 7) is 4.05. The number of fused-ring (bicyclic) bond motifs is 1. The first-order valence-corrected chi connectivity index (χ1v) is 11.3. The van der Waals surface area contributed by atoms with Gasteiger partial charge in [0.15, 0.2) is 16.8 Å². The maximum absolute atomic E-state index is 12.5. The highest BCUT2D eigenvalue weighted by atomic mass is 32.2. The van der Waals surface area contributed by atoms with Crippen molar-refractivity contribution in [2.45, 2.75) is 19.0 Å². The predicted molar refractivity (Wildman–Crippen MR) is 128 cm³/mol. The van der Waals surface area contributed by atoms with Crippen LogP contribution in [0.4, 0.5) is 0 Å². The van der Waals surface area contributed by atoms with Gasteiger partial charge in [-0.15, -0.1) is 10.2 Å². The molecule has 4 aromatic rings. The van der Waals surface area contributed by atoms with E-state index >= 15 is 0 Å². The number of carbonyl (C=O) groups is 1. The minimum atomic E-state index is -0.350. The fraction of sp³-hybridized carbons (Fsp3) is 0.167. The van der Waals surface area contributed by atoms with Gasteiger partial charge in [-0.2, -0.15) is 5.26 Å². The summed E-state index contributed by atoms with van der Waals surface area (Å²) >= 11 is 1.21. The van der Waals surface area contributed by atoms with Gasteiger partial charge in [-0.05, 0) is 44.2 Å². The molecule has 4 rings (SSSR count). The van der Waals surface area contributed by atoms with Crippen LogP contribution in [0.5, 0.6) is 5.75 Å². The van der Waals surface area contributed by atoms with E-state index in [1.54, 1.807) is 6.92 Å². The van der Waals surface area contributed by atoms with Crippen molar-refractivity contribution in [1.82, 2.24) is 19.7 Å². The molecule has 8 nitrogen and oxygen atoms in total. The largest absolute Gasteiger partial charge is 0.494 e. The van der Waals surface area contributed by atoms with Crippen LogP contribution in [0.2, 0.25) is 0 Å². The quantitative estimate of drug-likeness (QED) is 0.230. The number of carbonyl (C=O) groups excluding carboxylic acids is 1. The molecule has 0 bridgehead atoms. The number of rotatable bonds is 8. The van der Waals surface area contributed by atoms with Gasteiger partial charge in [-0.3, -0.25) is 9.36 Å². The Morgan fingerprint density at radius 2 is 1.97 bits per heavy atom. The molecule has 0 aliphatic carbocycles. The van der Waals surface area contributed by atoms with Gasteiger partial charge < -0.3 is 15.5 Å². The van der Waals surface area contributed by atoms with Crippen LogP contribution < -0.4 is 10.5 Å². The molecule has 2 heterocycles. The van der Waals surface area contributed by atoms with Crippen molar-refractivity contribution in [3.8, 4) is 28.9 Å². The molecular formula is C24H22N6O2S. The van der Waals surface area contributed by atoms with E-state index in [1.165, 1.54) is 11.8 Å². The highest BCUT2D eigenvalue weighted by molar-refractivity contribution is 7.99. The van der Waals surface area contributed by atoms with Crippen LogP contribution >= 0.6 is 11.8 Å². The number of thioether (sulfide) groups is 1. The third-order valence-corrected chi connectivity index (χ3v) is 5.92. The van der Waals surface area contributed by atoms with Crippen molar-refractivity contribution in [1.29, 1.82) is 5.26 Å². The molecule has 3 N–H and O–H groups in total. The molecule has 0 atom stereocenters. The number of nitriles is 1. The normalized spacial score (nSPS) is 11.8. The molecule has 33 heavy (non-hydrogen) atoms. The SMILES string of the molecule is CCOc1ccc(-n2c(SCC(=O)C(C#N)=C(C)N)nnc2-c2c[nH]c3ccccc23)cc1. The van der Waals surface area contributed by atoms with E-state index in [9.17, 15) is 10.1 Å². The Morgan fingerprint density at radius 3 is 2.67 bits per heavy atom. The number of H-pyrrole nitrogens is 1. The molecule has 2 aromatic heterocycles. The van der Waals surface area contributed by atoms with Crippen LogP contribution in [0.3, 0.4) is 0 Å². The maximum atomic E-state index is 12.5. The number of hydrogen-bond donors (Lipinski definition) is 2. The van der Waals surface area contributed by atoms with Crippen molar-refractivity contribution >= 4 is 28.4 Å². The number of hydrogen-bond acceptors (Lipinski definition) is 7. The summed E-state index contributed by atoms with van der Waals surface area (Å²) in [6.07, 6.45) is 1.90. The highest BCUT2D eigenvalue weighted by Crippen LogP contribution is 2.33. The zero-order valence-corrected chi connectivity index (χ0v) is 19.0. The first-order valence-electron chi connectivity index (χ1n) is 10.3. The second kappa shape index (κ2) is 9.63. The van der Waals surface area contributed by atoms with E-state index in [1.807, 2.05) is 72.3 Å². The smallest absolute Gasteiger partial charge is 0.196 e. The number of aromatic amines is 1. The predicted octanol–water partition coefficient (Wildman–Crippen LogP) is 4.23. The summed E-state index contributed by atoms with van der Waals surface area (Å²) in [4.78, 5) is 15.8. The lowest BCUT2D eigenvalue weighted by atomic mass is 10.1. The molecule has 2 aromatic carbocycles. The number of para-hydroxylation sites is 1. The molecule has 0 saturated heterocycles. The molecule has 0 unspecified atom stereocenters. The zero-order valence-electron chi connectivity index (χ0n) is 18.2. The molecule has 0 fully saturated rings. The number of nitrogens with zero attached hydrogens (tertiary/aromatic N) is 4. The second-order valence-corrected chi connectivity index (χ2v) is 8.14. The van der Waals surface area contributed by atoms with Gasteiger partial charge in [0.2, 0.25) is 0 Å². The molecule has 0 spiro atoms. The first-order chi connectivity index (χ1) is 16.0. The van der Waals surface area contributed by atoms with Crippen molar-refractivity contribution in [2.24, 2.45) is 5.73 Å². The van der Waals surface area contributed by atoms with Gasteiger partial charge in [0.05, 0.1) is 12.4 Å².